The first kappa shape index (κ1) is 9.96. The quantitative estimate of drug-likeness (QED) is 0.677. The summed E-state index contributed by atoms with van der Waals surface area (Å²) in [6.45, 7) is 7.34. The van der Waals surface area contributed by atoms with Crippen molar-refractivity contribution >= 4 is 0 Å². The zero-order chi connectivity index (χ0) is 9.84. The van der Waals surface area contributed by atoms with Gasteiger partial charge in [-0.05, 0) is 12.8 Å². The van der Waals surface area contributed by atoms with E-state index in [1.165, 1.54) is 0 Å². The summed E-state index contributed by atoms with van der Waals surface area (Å²) in [6.07, 6.45) is 3.91. The van der Waals surface area contributed by atoms with Gasteiger partial charge in [0.05, 0.1) is 11.9 Å². The van der Waals surface area contributed by atoms with Gasteiger partial charge in [-0.25, -0.2) is 0 Å². The molecule has 0 unspecified atom stereocenters. The molecule has 0 N–H and O–H groups in total. The number of hydrogen-bond donors (Lipinski definition) is 0. The van der Waals surface area contributed by atoms with E-state index >= 15 is 0 Å². The summed E-state index contributed by atoms with van der Waals surface area (Å²) in [5.74, 6) is 0.476. The van der Waals surface area contributed by atoms with Gasteiger partial charge in [0, 0.05) is 19.8 Å². The van der Waals surface area contributed by atoms with Gasteiger partial charge in [0.25, 0.3) is 0 Å². The molecule has 1 aromatic rings. The standard InChI is InChI=1S/C10H17N3/c1-5-13-7-9(8(2)3)12-6-10(13)11-4/h6-8H,5H2,1-4H3/b11-10-. The molecule has 0 spiro atoms. The fourth-order valence-corrected chi connectivity index (χ4v) is 1.20. The Labute approximate surface area is 79.2 Å². The van der Waals surface area contributed by atoms with Gasteiger partial charge >= 0.3 is 0 Å². The van der Waals surface area contributed by atoms with Crippen LogP contribution in [0.5, 0.6) is 0 Å². The highest BCUT2D eigenvalue weighted by Gasteiger charge is 2.01. The highest BCUT2D eigenvalue weighted by atomic mass is 15.0. The van der Waals surface area contributed by atoms with E-state index in [1.807, 2.05) is 6.20 Å². The summed E-state index contributed by atoms with van der Waals surface area (Å²) >= 11 is 0. The molecular formula is C10H17N3. The molecule has 0 aromatic carbocycles. The zero-order valence-corrected chi connectivity index (χ0v) is 8.78. The van der Waals surface area contributed by atoms with Crippen molar-refractivity contribution in [3.63, 3.8) is 0 Å². The maximum Gasteiger partial charge on any atom is 0.146 e. The van der Waals surface area contributed by atoms with Gasteiger partial charge in [0.15, 0.2) is 0 Å². The first-order valence-corrected chi connectivity index (χ1v) is 4.68. The Bertz CT molecular complexity index is 336. The van der Waals surface area contributed by atoms with E-state index in [0.29, 0.717) is 5.92 Å². The van der Waals surface area contributed by atoms with Crippen LogP contribution in [0.15, 0.2) is 17.4 Å². The van der Waals surface area contributed by atoms with Crippen LogP contribution in [-0.2, 0) is 6.54 Å². The topological polar surface area (TPSA) is 30.2 Å². The molecule has 1 rings (SSSR count). The van der Waals surface area contributed by atoms with Crippen LogP contribution in [0.25, 0.3) is 0 Å². The van der Waals surface area contributed by atoms with Crippen LogP contribution in [0.1, 0.15) is 32.4 Å². The highest BCUT2D eigenvalue weighted by Crippen LogP contribution is 2.07. The molecule has 0 atom stereocenters. The second-order valence-corrected chi connectivity index (χ2v) is 3.33. The first-order valence-electron chi connectivity index (χ1n) is 4.68. The summed E-state index contributed by atoms with van der Waals surface area (Å²) in [5, 5.41) is 0. The number of hydrogen-bond acceptors (Lipinski definition) is 2. The van der Waals surface area contributed by atoms with Crippen LogP contribution in [-0.4, -0.2) is 16.6 Å². The number of aromatic nitrogens is 2. The van der Waals surface area contributed by atoms with Gasteiger partial charge in [0.2, 0.25) is 0 Å². The maximum absolute atomic E-state index is 4.34. The molecule has 13 heavy (non-hydrogen) atoms. The molecular weight excluding hydrogens is 162 g/mol. The molecule has 3 nitrogen and oxygen atoms in total. The van der Waals surface area contributed by atoms with E-state index in [4.69, 9.17) is 0 Å². The average molecular weight is 179 g/mol. The second kappa shape index (κ2) is 4.21. The normalized spacial score (nSPS) is 12.5. The van der Waals surface area contributed by atoms with Crippen molar-refractivity contribution < 1.29 is 0 Å². The van der Waals surface area contributed by atoms with Gasteiger partial charge in [-0.15, -0.1) is 0 Å². The Balaban J connectivity index is 3.22. The monoisotopic (exact) mass is 179 g/mol. The largest absolute Gasteiger partial charge is 0.330 e. The Morgan fingerprint density at radius 3 is 2.69 bits per heavy atom. The molecule has 0 aliphatic rings. The Kier molecular flexibility index (Phi) is 3.23. The summed E-state index contributed by atoms with van der Waals surface area (Å²) in [5.41, 5.74) is 2.06. The second-order valence-electron chi connectivity index (χ2n) is 3.33. The fraction of sp³-hybridized carbons (Fsp3) is 0.600. The lowest BCUT2D eigenvalue weighted by Crippen LogP contribution is -2.21. The number of aryl methyl sites for hydroxylation is 1. The van der Waals surface area contributed by atoms with Crippen molar-refractivity contribution in [2.45, 2.75) is 33.2 Å². The van der Waals surface area contributed by atoms with Crippen LogP contribution in [0.2, 0.25) is 0 Å². The van der Waals surface area contributed by atoms with E-state index in [-0.39, 0.29) is 0 Å². The van der Waals surface area contributed by atoms with E-state index in [1.54, 1.807) is 7.05 Å². The minimum atomic E-state index is 0.476. The highest BCUT2D eigenvalue weighted by molar-refractivity contribution is 5.01. The Morgan fingerprint density at radius 2 is 2.23 bits per heavy atom. The molecule has 0 saturated carbocycles. The first-order chi connectivity index (χ1) is 6.19. The molecule has 0 amide bonds. The fourth-order valence-electron chi connectivity index (χ4n) is 1.20. The van der Waals surface area contributed by atoms with E-state index in [9.17, 15) is 0 Å². The molecule has 0 bridgehead atoms. The predicted molar refractivity (Wildman–Crippen MR) is 53.5 cm³/mol. The van der Waals surface area contributed by atoms with Crippen LogP contribution >= 0.6 is 0 Å². The van der Waals surface area contributed by atoms with Crippen molar-refractivity contribution in [2.75, 3.05) is 7.05 Å². The molecule has 0 aliphatic carbocycles. The molecule has 1 aromatic heterocycles. The molecule has 72 valence electrons. The van der Waals surface area contributed by atoms with Gasteiger partial charge < -0.3 is 4.57 Å². The van der Waals surface area contributed by atoms with Crippen LogP contribution in [0.3, 0.4) is 0 Å². The van der Waals surface area contributed by atoms with Gasteiger partial charge in [-0.2, -0.15) is 0 Å². The summed E-state index contributed by atoms with van der Waals surface area (Å²) in [7, 11) is 1.79. The third-order valence-corrected chi connectivity index (χ3v) is 2.07. The minimum Gasteiger partial charge on any atom is -0.330 e. The van der Waals surface area contributed by atoms with E-state index in [2.05, 4.69) is 41.5 Å². The van der Waals surface area contributed by atoms with Gasteiger partial charge in [-0.1, -0.05) is 13.8 Å². The third-order valence-electron chi connectivity index (χ3n) is 2.07. The predicted octanol–water partition coefficient (Wildman–Crippen LogP) is 1.56. The van der Waals surface area contributed by atoms with E-state index in [0.717, 1.165) is 17.7 Å². The molecule has 0 fully saturated rings. The molecule has 0 radical (unpaired) electrons. The Morgan fingerprint density at radius 1 is 1.54 bits per heavy atom. The molecule has 0 saturated heterocycles. The smallest absolute Gasteiger partial charge is 0.146 e. The van der Waals surface area contributed by atoms with E-state index < -0.39 is 0 Å². The van der Waals surface area contributed by atoms with Crippen molar-refractivity contribution in [3.05, 3.63) is 23.6 Å². The van der Waals surface area contributed by atoms with Gasteiger partial charge in [0.1, 0.15) is 5.49 Å². The average Bonchev–Trinajstić information content (AvgIpc) is 2.16. The zero-order valence-electron chi connectivity index (χ0n) is 8.78. The minimum absolute atomic E-state index is 0.476. The summed E-state index contributed by atoms with van der Waals surface area (Å²) in [4.78, 5) is 8.49. The van der Waals surface area contributed by atoms with Crippen molar-refractivity contribution in [1.29, 1.82) is 0 Å². The Hall–Kier alpha value is -1.12. The van der Waals surface area contributed by atoms with Crippen LogP contribution in [0.4, 0.5) is 0 Å². The van der Waals surface area contributed by atoms with Crippen molar-refractivity contribution in [3.8, 4) is 0 Å². The third kappa shape index (κ3) is 2.17. The SMILES string of the molecule is CCn1cc(C(C)C)nc/c1=N/C. The lowest BCUT2D eigenvalue weighted by molar-refractivity contribution is 0.671. The summed E-state index contributed by atoms with van der Waals surface area (Å²) < 4.78 is 2.11. The molecule has 0 aliphatic heterocycles. The lowest BCUT2D eigenvalue weighted by atomic mass is 10.1. The van der Waals surface area contributed by atoms with Crippen molar-refractivity contribution in [1.82, 2.24) is 9.55 Å². The summed E-state index contributed by atoms with van der Waals surface area (Å²) in [6, 6.07) is 0. The number of nitrogens with zero attached hydrogens (tertiary/aromatic N) is 3. The number of rotatable bonds is 2. The maximum atomic E-state index is 4.34. The van der Waals surface area contributed by atoms with Crippen LogP contribution < -0.4 is 5.49 Å². The molecule has 1 heterocycles. The van der Waals surface area contributed by atoms with Gasteiger partial charge in [-0.3, -0.25) is 9.98 Å². The van der Waals surface area contributed by atoms with Crippen LogP contribution in [0, 0.1) is 0 Å². The van der Waals surface area contributed by atoms with Crippen molar-refractivity contribution in [2.24, 2.45) is 4.99 Å². The lowest BCUT2D eigenvalue weighted by Gasteiger charge is -2.08. The molecule has 3 heteroatoms.